The number of halogens is 2. The van der Waals surface area contributed by atoms with E-state index in [1.165, 1.54) is 12.1 Å². The highest BCUT2D eigenvalue weighted by Crippen LogP contribution is 2.24. The molecule has 1 N–H and O–H groups in total. The first-order chi connectivity index (χ1) is 5.41. The van der Waals surface area contributed by atoms with Crippen LogP contribution in [-0.2, 0) is 10.1 Å². The number of hydrogen-bond donors (Lipinski definition) is 1. The minimum Gasteiger partial charge on any atom is -0.282 e. The predicted octanol–water partition coefficient (Wildman–Crippen LogP) is 2.24. The van der Waals surface area contributed by atoms with Crippen molar-refractivity contribution in [2.75, 3.05) is 0 Å². The fourth-order valence-electron chi connectivity index (χ4n) is 0.684. The minimum absolute atomic E-state index is 0.0926. The van der Waals surface area contributed by atoms with Crippen molar-refractivity contribution in [1.29, 1.82) is 0 Å². The van der Waals surface area contributed by atoms with Gasteiger partial charge in [0.15, 0.2) is 0 Å². The van der Waals surface area contributed by atoms with Crippen molar-refractivity contribution in [1.82, 2.24) is 0 Å². The molecule has 0 spiro atoms. The van der Waals surface area contributed by atoms with Gasteiger partial charge in [-0.2, -0.15) is 8.42 Å². The summed E-state index contributed by atoms with van der Waals surface area (Å²) in [6, 6.07) is 3.71. The smallest absolute Gasteiger partial charge is 0.282 e. The van der Waals surface area contributed by atoms with Gasteiger partial charge in [0.2, 0.25) is 0 Å². The van der Waals surface area contributed by atoms with Gasteiger partial charge in [0.1, 0.15) is 4.90 Å². The molecule has 0 heterocycles. The molecule has 0 aliphatic carbocycles. The minimum atomic E-state index is -4.24. The van der Waals surface area contributed by atoms with E-state index >= 15 is 0 Å². The Kier molecular flexibility index (Phi) is 2.63. The lowest BCUT2D eigenvalue weighted by atomic mass is 10.4. The summed E-state index contributed by atoms with van der Waals surface area (Å²) < 4.78 is 29.8. The second kappa shape index (κ2) is 3.22. The van der Waals surface area contributed by atoms with Crippen LogP contribution < -0.4 is 0 Å². The molecule has 0 amide bonds. The summed E-state index contributed by atoms with van der Waals surface area (Å²) in [6.45, 7) is 0. The van der Waals surface area contributed by atoms with E-state index in [0.29, 0.717) is 5.02 Å². The number of hydrogen-bond acceptors (Lipinski definition) is 2. The Bertz CT molecular complexity index is 399. The Hall–Kier alpha value is -0.290. The van der Waals surface area contributed by atoms with Crippen molar-refractivity contribution in [3.63, 3.8) is 0 Å². The average molecular weight is 230 g/mol. The maximum Gasteiger partial charge on any atom is 0.296 e. The van der Waals surface area contributed by atoms with E-state index < -0.39 is 10.1 Å². The van der Waals surface area contributed by atoms with Crippen LogP contribution in [0.1, 0.15) is 0 Å². The Morgan fingerprint density at radius 1 is 1.25 bits per heavy atom. The third-order valence-electron chi connectivity index (χ3n) is 1.17. The van der Waals surface area contributed by atoms with Crippen LogP contribution in [0.2, 0.25) is 10.0 Å². The monoisotopic (exact) mass is 229 g/mol. The fraction of sp³-hybridized carbons (Fsp3) is 0. The SMILES string of the molecule is O=[35S](=O)(O)c1ccc(Cl)cc1Cl. The topological polar surface area (TPSA) is 54.4 Å². The normalized spacial score (nSPS) is 11.6. The summed E-state index contributed by atoms with van der Waals surface area (Å²) in [4.78, 5) is -0.339. The van der Waals surface area contributed by atoms with Gasteiger partial charge in [-0.15, -0.1) is 0 Å². The zero-order valence-corrected chi connectivity index (χ0v) is 7.99. The lowest BCUT2D eigenvalue weighted by molar-refractivity contribution is 0.483. The molecule has 0 bridgehead atoms. The highest BCUT2D eigenvalue weighted by Gasteiger charge is 2.13. The van der Waals surface area contributed by atoms with Gasteiger partial charge >= 0.3 is 0 Å². The van der Waals surface area contributed by atoms with Gasteiger partial charge < -0.3 is 0 Å². The van der Waals surface area contributed by atoms with Crippen molar-refractivity contribution in [2.24, 2.45) is 0 Å². The van der Waals surface area contributed by atoms with Gasteiger partial charge in [0.25, 0.3) is 10.1 Å². The standard InChI is InChI=1S/C6H4Cl2O3S/c7-4-1-2-6(5(8)3-4)12(9,10)11/h1-3H,(H,9,10,11)/i12+3. The summed E-state index contributed by atoms with van der Waals surface area (Å²) >= 11 is 11.0. The molecule has 0 saturated carbocycles. The van der Waals surface area contributed by atoms with Gasteiger partial charge in [0.05, 0.1) is 5.02 Å². The second-order valence-electron chi connectivity index (χ2n) is 2.05. The molecule has 0 unspecified atom stereocenters. The quantitative estimate of drug-likeness (QED) is 0.752. The van der Waals surface area contributed by atoms with Crippen LogP contribution in [0.3, 0.4) is 0 Å². The van der Waals surface area contributed by atoms with Gasteiger partial charge in [-0.25, -0.2) is 0 Å². The lowest BCUT2D eigenvalue weighted by Gasteiger charge is -1.99. The van der Waals surface area contributed by atoms with Crippen LogP contribution in [0.15, 0.2) is 23.1 Å². The van der Waals surface area contributed by atoms with E-state index in [9.17, 15) is 8.42 Å². The summed E-state index contributed by atoms with van der Waals surface area (Å²) in [7, 11) is -4.24. The molecule has 1 aromatic carbocycles. The Balaban J connectivity index is 3.39. The molecular formula is C6H4Cl2O3S. The molecule has 0 atom stereocenters. The third-order valence-corrected chi connectivity index (χ3v) is 2.74. The predicted molar refractivity (Wildman–Crippen MR) is 46.3 cm³/mol. The molecule has 0 fully saturated rings. The van der Waals surface area contributed by atoms with E-state index in [1.807, 2.05) is 0 Å². The molecule has 0 aromatic heterocycles. The maximum absolute atomic E-state index is 10.6. The van der Waals surface area contributed by atoms with Gasteiger partial charge in [0, 0.05) is 5.02 Å². The Morgan fingerprint density at radius 2 is 1.83 bits per heavy atom. The van der Waals surface area contributed by atoms with Crippen LogP contribution in [0, 0.1) is 0 Å². The first-order valence-corrected chi connectivity index (χ1v) is 5.03. The van der Waals surface area contributed by atoms with Crippen molar-refractivity contribution < 1.29 is 13.0 Å². The van der Waals surface area contributed by atoms with Crippen molar-refractivity contribution in [2.45, 2.75) is 4.90 Å². The van der Waals surface area contributed by atoms with Crippen LogP contribution in [0.25, 0.3) is 0 Å². The molecule has 0 saturated heterocycles. The van der Waals surface area contributed by atoms with E-state index in [0.717, 1.165) is 6.07 Å². The van der Waals surface area contributed by atoms with Gasteiger partial charge in [-0.1, -0.05) is 23.2 Å². The zero-order valence-electron chi connectivity index (χ0n) is 5.66. The highest BCUT2D eigenvalue weighted by molar-refractivity contribution is 7.86. The number of rotatable bonds is 1. The fourth-order valence-corrected chi connectivity index (χ4v) is 1.93. The van der Waals surface area contributed by atoms with E-state index in [4.69, 9.17) is 27.8 Å². The number of benzene rings is 1. The summed E-state index contributed by atoms with van der Waals surface area (Å²) in [5.74, 6) is 0. The average Bonchev–Trinajstić information content (AvgIpc) is 1.83. The molecule has 0 aliphatic heterocycles. The summed E-state index contributed by atoms with van der Waals surface area (Å²) in [6.07, 6.45) is 0. The second-order valence-corrected chi connectivity index (χ2v) is 4.28. The Labute approximate surface area is 79.7 Å². The molecule has 0 aliphatic rings. The first kappa shape index (κ1) is 9.80. The van der Waals surface area contributed by atoms with E-state index in [-0.39, 0.29) is 9.92 Å². The van der Waals surface area contributed by atoms with Gasteiger partial charge in [-0.3, -0.25) is 4.55 Å². The summed E-state index contributed by atoms with van der Waals surface area (Å²) in [5, 5.41) is 0.220. The van der Waals surface area contributed by atoms with E-state index in [2.05, 4.69) is 0 Å². The van der Waals surface area contributed by atoms with Crippen molar-refractivity contribution in [3.05, 3.63) is 28.2 Å². The largest absolute Gasteiger partial charge is 0.296 e. The third kappa shape index (κ3) is 2.10. The summed E-state index contributed by atoms with van der Waals surface area (Å²) in [5.41, 5.74) is 0. The molecule has 3 nitrogen and oxygen atoms in total. The molecule has 66 valence electrons. The molecule has 12 heavy (non-hydrogen) atoms. The van der Waals surface area contributed by atoms with Gasteiger partial charge in [-0.05, 0) is 18.2 Å². The van der Waals surface area contributed by atoms with Crippen LogP contribution >= 0.6 is 23.2 Å². The molecule has 1 aromatic rings. The zero-order chi connectivity index (χ0) is 9.35. The van der Waals surface area contributed by atoms with Crippen LogP contribution in [-0.4, -0.2) is 13.0 Å². The highest BCUT2D eigenvalue weighted by atomic mass is 35.5. The molecular weight excluding hydrogens is 226 g/mol. The van der Waals surface area contributed by atoms with Crippen molar-refractivity contribution in [3.8, 4) is 0 Å². The maximum atomic E-state index is 10.6. The Morgan fingerprint density at radius 3 is 2.25 bits per heavy atom. The molecule has 0 radical (unpaired) electrons. The van der Waals surface area contributed by atoms with Crippen LogP contribution in [0.5, 0.6) is 0 Å². The molecule has 6 heteroatoms. The van der Waals surface area contributed by atoms with Crippen LogP contribution in [0.4, 0.5) is 0 Å². The van der Waals surface area contributed by atoms with E-state index in [1.54, 1.807) is 0 Å². The first-order valence-electron chi connectivity index (χ1n) is 2.84. The lowest BCUT2D eigenvalue weighted by Crippen LogP contribution is -1.98. The van der Waals surface area contributed by atoms with Crippen molar-refractivity contribution >= 4 is 33.3 Å². The molecule has 1 rings (SSSR count).